The van der Waals surface area contributed by atoms with Crippen molar-refractivity contribution in [1.29, 1.82) is 0 Å². The zero-order valence-corrected chi connectivity index (χ0v) is 14.1. The van der Waals surface area contributed by atoms with Crippen molar-refractivity contribution >= 4 is 0 Å². The van der Waals surface area contributed by atoms with Crippen molar-refractivity contribution in [3.8, 4) is 17.0 Å². The van der Waals surface area contributed by atoms with Crippen molar-refractivity contribution in [2.45, 2.75) is 37.9 Å². The van der Waals surface area contributed by atoms with Crippen LogP contribution in [0.4, 0.5) is 0 Å². The second-order valence-electron chi connectivity index (χ2n) is 6.72. The van der Waals surface area contributed by atoms with Gasteiger partial charge in [-0.1, -0.05) is 31.0 Å². The Bertz CT molecular complexity index is 819. The van der Waals surface area contributed by atoms with Gasteiger partial charge in [-0.25, -0.2) is 0 Å². The third kappa shape index (κ3) is 3.44. The van der Waals surface area contributed by atoms with E-state index in [1.54, 1.807) is 6.20 Å². The number of aromatic nitrogens is 2. The minimum atomic E-state index is -0.651. The molecular weight excluding hydrogens is 312 g/mol. The van der Waals surface area contributed by atoms with E-state index >= 15 is 0 Å². The Balaban J connectivity index is 1.43. The number of nitrogens with one attached hydrogen (secondary N) is 1. The van der Waals surface area contributed by atoms with E-state index < -0.39 is 5.60 Å². The van der Waals surface area contributed by atoms with E-state index in [2.05, 4.69) is 16.3 Å². The van der Waals surface area contributed by atoms with E-state index in [1.165, 1.54) is 0 Å². The van der Waals surface area contributed by atoms with Crippen LogP contribution in [0.2, 0.25) is 0 Å². The van der Waals surface area contributed by atoms with Crippen molar-refractivity contribution in [2.24, 2.45) is 0 Å². The molecule has 0 aliphatic heterocycles. The van der Waals surface area contributed by atoms with Crippen LogP contribution in [0.25, 0.3) is 11.3 Å². The quantitative estimate of drug-likeness (QED) is 0.726. The summed E-state index contributed by atoms with van der Waals surface area (Å²) >= 11 is 0. The van der Waals surface area contributed by atoms with Crippen molar-refractivity contribution in [1.82, 2.24) is 10.2 Å². The molecule has 0 bridgehead atoms. The molecule has 1 saturated carbocycles. The molecule has 128 valence electrons. The Hall–Kier alpha value is -2.59. The molecule has 0 atom stereocenters. The molecule has 4 heteroatoms. The molecule has 0 amide bonds. The Labute approximate surface area is 147 Å². The number of hydrogen-bond acceptors (Lipinski definition) is 3. The number of benzene rings is 2. The maximum atomic E-state index is 10.7. The second kappa shape index (κ2) is 6.73. The minimum Gasteiger partial charge on any atom is -0.489 e. The van der Waals surface area contributed by atoms with E-state index in [0.717, 1.165) is 53.8 Å². The van der Waals surface area contributed by atoms with Crippen LogP contribution in [-0.4, -0.2) is 15.3 Å². The molecule has 0 radical (unpaired) electrons. The van der Waals surface area contributed by atoms with Crippen LogP contribution in [0.3, 0.4) is 0 Å². The summed E-state index contributed by atoms with van der Waals surface area (Å²) in [6, 6.07) is 18.0. The topological polar surface area (TPSA) is 58.1 Å². The maximum absolute atomic E-state index is 10.7. The fourth-order valence-electron chi connectivity index (χ4n) is 3.51. The van der Waals surface area contributed by atoms with Crippen LogP contribution in [0, 0.1) is 0 Å². The lowest BCUT2D eigenvalue weighted by molar-refractivity contribution is 0.0443. The first-order chi connectivity index (χ1) is 12.2. The number of aliphatic hydroxyl groups is 1. The highest BCUT2D eigenvalue weighted by Gasteiger charge is 2.32. The summed E-state index contributed by atoms with van der Waals surface area (Å²) in [5.41, 5.74) is 3.51. The van der Waals surface area contributed by atoms with Gasteiger partial charge in [0, 0.05) is 6.20 Å². The molecular formula is C21H22N2O2. The highest BCUT2D eigenvalue weighted by atomic mass is 16.5. The van der Waals surface area contributed by atoms with Gasteiger partial charge in [-0.3, -0.25) is 5.10 Å². The zero-order chi connectivity index (χ0) is 17.1. The molecule has 4 rings (SSSR count). The predicted octanol–water partition coefficient (Wildman–Crippen LogP) is 4.42. The molecule has 1 aliphatic carbocycles. The first kappa shape index (κ1) is 15.9. The normalized spacial score (nSPS) is 16.0. The third-order valence-corrected chi connectivity index (χ3v) is 4.97. The van der Waals surface area contributed by atoms with Gasteiger partial charge >= 0.3 is 0 Å². The van der Waals surface area contributed by atoms with Crippen molar-refractivity contribution in [3.05, 3.63) is 71.9 Å². The lowest BCUT2D eigenvalue weighted by atomic mass is 9.91. The Kier molecular flexibility index (Phi) is 4.28. The molecule has 1 aromatic heterocycles. The number of nitrogens with zero attached hydrogens (tertiary/aromatic N) is 1. The van der Waals surface area contributed by atoms with Gasteiger partial charge in [0.25, 0.3) is 0 Å². The van der Waals surface area contributed by atoms with Gasteiger partial charge in [-0.05, 0) is 65.9 Å². The molecule has 4 nitrogen and oxygen atoms in total. The lowest BCUT2D eigenvalue weighted by Crippen LogP contribution is -2.21. The molecule has 3 aromatic rings. The van der Waals surface area contributed by atoms with E-state index in [1.807, 2.05) is 48.5 Å². The molecule has 1 fully saturated rings. The van der Waals surface area contributed by atoms with Crippen LogP contribution in [0.1, 0.15) is 36.8 Å². The van der Waals surface area contributed by atoms with Crippen LogP contribution >= 0.6 is 0 Å². The number of hydrogen-bond donors (Lipinski definition) is 2. The van der Waals surface area contributed by atoms with Crippen molar-refractivity contribution in [2.75, 3.05) is 0 Å². The molecule has 0 spiro atoms. The molecule has 1 aliphatic rings. The molecule has 2 N–H and O–H groups in total. The molecule has 2 aromatic carbocycles. The van der Waals surface area contributed by atoms with Gasteiger partial charge in [0.15, 0.2) is 0 Å². The smallest absolute Gasteiger partial charge is 0.119 e. The van der Waals surface area contributed by atoms with Gasteiger partial charge in [-0.15, -0.1) is 0 Å². The molecule has 25 heavy (non-hydrogen) atoms. The number of aromatic amines is 1. The summed E-state index contributed by atoms with van der Waals surface area (Å²) in [4.78, 5) is 0. The van der Waals surface area contributed by atoms with Crippen LogP contribution < -0.4 is 4.74 Å². The molecule has 1 heterocycles. The maximum Gasteiger partial charge on any atom is 0.119 e. The van der Waals surface area contributed by atoms with Gasteiger partial charge in [0.1, 0.15) is 12.4 Å². The number of ether oxygens (including phenoxy) is 1. The minimum absolute atomic E-state index is 0.493. The molecule has 0 saturated heterocycles. The molecule has 0 unspecified atom stereocenters. The predicted molar refractivity (Wildman–Crippen MR) is 97.2 cm³/mol. The number of H-pyrrole nitrogens is 1. The lowest BCUT2D eigenvalue weighted by Gasteiger charge is -2.23. The standard InChI is InChI=1S/C21H22N2O2/c24-21(11-1-2-12-21)18-5-3-4-16(14-18)15-25-19-8-6-17(7-9-19)20-10-13-22-23-20/h3-10,13-14,24H,1-2,11-12,15H2,(H,22,23). The fourth-order valence-corrected chi connectivity index (χ4v) is 3.51. The summed E-state index contributed by atoms with van der Waals surface area (Å²) in [5.74, 6) is 0.827. The van der Waals surface area contributed by atoms with E-state index in [9.17, 15) is 5.11 Å². The first-order valence-corrected chi connectivity index (χ1v) is 8.77. The number of rotatable bonds is 5. The average Bonchev–Trinajstić information content (AvgIpc) is 3.33. The van der Waals surface area contributed by atoms with Crippen LogP contribution in [-0.2, 0) is 12.2 Å². The Morgan fingerprint density at radius 1 is 1.04 bits per heavy atom. The summed E-state index contributed by atoms with van der Waals surface area (Å²) < 4.78 is 5.91. The van der Waals surface area contributed by atoms with E-state index in [-0.39, 0.29) is 0 Å². The van der Waals surface area contributed by atoms with Crippen molar-refractivity contribution in [3.63, 3.8) is 0 Å². The Morgan fingerprint density at radius 3 is 2.56 bits per heavy atom. The fraction of sp³-hybridized carbons (Fsp3) is 0.286. The van der Waals surface area contributed by atoms with E-state index in [4.69, 9.17) is 4.74 Å². The first-order valence-electron chi connectivity index (χ1n) is 8.77. The monoisotopic (exact) mass is 334 g/mol. The summed E-state index contributed by atoms with van der Waals surface area (Å²) in [7, 11) is 0. The van der Waals surface area contributed by atoms with Crippen LogP contribution in [0.5, 0.6) is 5.75 Å². The van der Waals surface area contributed by atoms with Crippen molar-refractivity contribution < 1.29 is 9.84 Å². The highest BCUT2D eigenvalue weighted by Crippen LogP contribution is 2.38. The average molecular weight is 334 g/mol. The van der Waals surface area contributed by atoms with Gasteiger partial charge < -0.3 is 9.84 Å². The highest BCUT2D eigenvalue weighted by molar-refractivity contribution is 5.59. The van der Waals surface area contributed by atoms with Crippen LogP contribution in [0.15, 0.2) is 60.8 Å². The van der Waals surface area contributed by atoms with Gasteiger partial charge in [-0.2, -0.15) is 5.10 Å². The zero-order valence-electron chi connectivity index (χ0n) is 14.1. The largest absolute Gasteiger partial charge is 0.489 e. The van der Waals surface area contributed by atoms with E-state index in [0.29, 0.717) is 6.61 Å². The SMILES string of the molecule is OC1(c2cccc(COc3ccc(-c4ccn[nH]4)cc3)c2)CCCC1. The summed E-state index contributed by atoms with van der Waals surface area (Å²) in [6.07, 6.45) is 5.64. The summed E-state index contributed by atoms with van der Waals surface area (Å²) in [6.45, 7) is 0.493. The third-order valence-electron chi connectivity index (χ3n) is 4.97. The van der Waals surface area contributed by atoms with Gasteiger partial charge in [0.2, 0.25) is 0 Å². The second-order valence-corrected chi connectivity index (χ2v) is 6.72. The Morgan fingerprint density at radius 2 is 1.84 bits per heavy atom. The summed E-state index contributed by atoms with van der Waals surface area (Å²) in [5, 5.41) is 17.7. The van der Waals surface area contributed by atoms with Gasteiger partial charge in [0.05, 0.1) is 11.3 Å².